The normalized spacial score (nSPS) is 12.6. The molecule has 0 radical (unpaired) electrons. The monoisotopic (exact) mass is 402 g/mol. The van der Waals surface area contributed by atoms with E-state index < -0.39 is 0 Å². The maximum Gasteiger partial charge on any atom is 0.165 e. The van der Waals surface area contributed by atoms with E-state index in [1.54, 1.807) is 24.3 Å². The van der Waals surface area contributed by atoms with Gasteiger partial charge in [-0.15, -0.1) is 6.42 Å². The molecule has 154 valence electrons. The lowest BCUT2D eigenvalue weighted by atomic mass is 9.78. The van der Waals surface area contributed by atoms with Crippen molar-refractivity contribution in [2.45, 2.75) is 38.5 Å². The van der Waals surface area contributed by atoms with Crippen LogP contribution in [0.3, 0.4) is 0 Å². The van der Waals surface area contributed by atoms with Gasteiger partial charge in [-0.1, -0.05) is 42.3 Å². The topological polar surface area (TPSA) is 18.5 Å². The minimum absolute atomic E-state index is 0.241. The van der Waals surface area contributed by atoms with E-state index in [4.69, 9.17) is 15.9 Å². The second-order valence-electron chi connectivity index (χ2n) is 7.47. The average Bonchev–Trinajstić information content (AvgIpc) is 2.77. The molecule has 0 fully saturated rings. The first kappa shape index (κ1) is 21.5. The predicted molar refractivity (Wildman–Crippen MR) is 120 cm³/mol. The first-order valence-electron chi connectivity index (χ1n) is 10.3. The Hall–Kier alpha value is -3.25. The largest absolute Gasteiger partial charge is 0.494 e. The number of hydrogen-bond donors (Lipinski definition) is 0. The number of aryl methyl sites for hydroxylation is 1. The summed E-state index contributed by atoms with van der Waals surface area (Å²) in [5.74, 6) is 4.29. The summed E-state index contributed by atoms with van der Waals surface area (Å²) in [7, 11) is 0. The smallest absolute Gasteiger partial charge is 0.165 e. The molecule has 0 bridgehead atoms. The molecule has 0 aliphatic heterocycles. The quantitative estimate of drug-likeness (QED) is 0.361. The number of benzene rings is 3. The van der Waals surface area contributed by atoms with Crippen LogP contribution in [0.25, 0.3) is 0 Å². The SMILES string of the molecule is C#CC(C)(CCCc1ccc(F)c(Oc2ccccc2)c1)c1ccc(OCC)cc1. The van der Waals surface area contributed by atoms with Gasteiger partial charge >= 0.3 is 0 Å². The molecule has 0 saturated carbocycles. The molecule has 0 heterocycles. The zero-order valence-electron chi connectivity index (χ0n) is 17.5. The number of terminal acetylenes is 1. The molecule has 3 heteroatoms. The average molecular weight is 403 g/mol. The molecular weight excluding hydrogens is 375 g/mol. The van der Waals surface area contributed by atoms with E-state index in [0.29, 0.717) is 12.4 Å². The van der Waals surface area contributed by atoms with Crippen LogP contribution in [-0.2, 0) is 11.8 Å². The van der Waals surface area contributed by atoms with E-state index >= 15 is 0 Å². The van der Waals surface area contributed by atoms with Gasteiger partial charge in [0, 0.05) is 0 Å². The molecule has 0 saturated heterocycles. The highest BCUT2D eigenvalue weighted by Gasteiger charge is 2.23. The summed E-state index contributed by atoms with van der Waals surface area (Å²) in [5.41, 5.74) is 1.75. The van der Waals surface area contributed by atoms with Gasteiger partial charge in [0.05, 0.1) is 12.0 Å². The van der Waals surface area contributed by atoms with Crippen LogP contribution in [-0.4, -0.2) is 6.61 Å². The Balaban J connectivity index is 1.64. The van der Waals surface area contributed by atoms with E-state index in [1.807, 2.05) is 49.4 Å². The summed E-state index contributed by atoms with van der Waals surface area (Å²) >= 11 is 0. The number of halogens is 1. The van der Waals surface area contributed by atoms with Gasteiger partial charge in [-0.2, -0.15) is 0 Å². The number of rotatable bonds is 9. The van der Waals surface area contributed by atoms with Gasteiger partial charge in [-0.25, -0.2) is 4.39 Å². The fourth-order valence-electron chi connectivity index (χ4n) is 3.43. The van der Waals surface area contributed by atoms with Crippen molar-refractivity contribution in [1.82, 2.24) is 0 Å². The Morgan fingerprint density at radius 1 is 0.967 bits per heavy atom. The van der Waals surface area contributed by atoms with Crippen LogP contribution in [0.1, 0.15) is 37.8 Å². The molecule has 2 nitrogen and oxygen atoms in total. The van der Waals surface area contributed by atoms with E-state index in [9.17, 15) is 4.39 Å². The van der Waals surface area contributed by atoms with Crippen molar-refractivity contribution in [3.05, 3.63) is 89.7 Å². The van der Waals surface area contributed by atoms with Crippen molar-refractivity contribution in [1.29, 1.82) is 0 Å². The minimum Gasteiger partial charge on any atom is -0.494 e. The fraction of sp³-hybridized carbons (Fsp3) is 0.259. The second kappa shape index (κ2) is 9.98. The Labute approximate surface area is 178 Å². The Morgan fingerprint density at radius 3 is 2.37 bits per heavy atom. The van der Waals surface area contributed by atoms with Crippen molar-refractivity contribution < 1.29 is 13.9 Å². The van der Waals surface area contributed by atoms with Crippen molar-refractivity contribution in [2.75, 3.05) is 6.61 Å². The van der Waals surface area contributed by atoms with Crippen molar-refractivity contribution in [2.24, 2.45) is 0 Å². The van der Waals surface area contributed by atoms with E-state index in [2.05, 4.69) is 12.8 Å². The highest BCUT2D eigenvalue weighted by molar-refractivity contribution is 5.38. The molecule has 3 aromatic rings. The van der Waals surface area contributed by atoms with Crippen molar-refractivity contribution >= 4 is 0 Å². The zero-order valence-corrected chi connectivity index (χ0v) is 17.5. The maximum absolute atomic E-state index is 14.2. The summed E-state index contributed by atoms with van der Waals surface area (Å²) in [5, 5.41) is 0. The molecule has 1 atom stereocenters. The lowest BCUT2D eigenvalue weighted by molar-refractivity contribution is 0.340. The standard InChI is InChI=1S/C27H27FO2/c1-4-27(3,22-14-16-23(17-15-22)29-5-2)19-9-10-21-13-18-25(28)26(20-21)30-24-11-7-6-8-12-24/h1,6-8,11-18,20H,5,9-10,19H2,2-3H3. The van der Waals surface area contributed by atoms with Gasteiger partial charge in [0.15, 0.2) is 11.6 Å². The van der Waals surface area contributed by atoms with Gasteiger partial charge in [0.2, 0.25) is 0 Å². The number of ether oxygens (including phenoxy) is 2. The third-order valence-corrected chi connectivity index (χ3v) is 5.23. The Morgan fingerprint density at radius 2 is 1.70 bits per heavy atom. The summed E-state index contributed by atoms with van der Waals surface area (Å²) in [6, 6.07) is 22.3. The number of hydrogen-bond acceptors (Lipinski definition) is 2. The highest BCUT2D eigenvalue weighted by atomic mass is 19.1. The van der Waals surface area contributed by atoms with E-state index in [0.717, 1.165) is 36.1 Å². The van der Waals surface area contributed by atoms with Crippen LogP contribution in [0.2, 0.25) is 0 Å². The van der Waals surface area contributed by atoms with Crippen LogP contribution in [0.5, 0.6) is 17.2 Å². The zero-order chi connectivity index (χ0) is 21.4. The molecule has 3 aromatic carbocycles. The minimum atomic E-state index is -0.370. The van der Waals surface area contributed by atoms with Crippen molar-refractivity contribution in [3.63, 3.8) is 0 Å². The maximum atomic E-state index is 14.2. The lowest BCUT2D eigenvalue weighted by Crippen LogP contribution is -2.19. The van der Waals surface area contributed by atoms with Crippen LogP contribution in [0.15, 0.2) is 72.8 Å². The van der Waals surface area contributed by atoms with Crippen LogP contribution >= 0.6 is 0 Å². The highest BCUT2D eigenvalue weighted by Crippen LogP contribution is 2.31. The van der Waals surface area contributed by atoms with Gasteiger partial charge in [0.25, 0.3) is 0 Å². The molecule has 0 aliphatic rings. The molecular formula is C27H27FO2. The summed E-state index contributed by atoms with van der Waals surface area (Å²) in [4.78, 5) is 0. The Bertz CT molecular complexity index is 990. The summed E-state index contributed by atoms with van der Waals surface area (Å²) < 4.78 is 25.4. The summed E-state index contributed by atoms with van der Waals surface area (Å²) in [6.07, 6.45) is 8.39. The van der Waals surface area contributed by atoms with Crippen LogP contribution in [0, 0.1) is 18.2 Å². The molecule has 1 unspecified atom stereocenters. The van der Waals surface area contributed by atoms with Crippen molar-refractivity contribution in [3.8, 4) is 29.6 Å². The fourth-order valence-corrected chi connectivity index (χ4v) is 3.43. The molecule has 30 heavy (non-hydrogen) atoms. The summed E-state index contributed by atoms with van der Waals surface area (Å²) in [6.45, 7) is 4.68. The van der Waals surface area contributed by atoms with E-state index in [1.165, 1.54) is 6.07 Å². The first-order valence-corrected chi connectivity index (χ1v) is 10.3. The molecule has 3 rings (SSSR count). The predicted octanol–water partition coefficient (Wildman–Crippen LogP) is 6.93. The van der Waals surface area contributed by atoms with Crippen LogP contribution in [0.4, 0.5) is 4.39 Å². The lowest BCUT2D eigenvalue weighted by Gasteiger charge is -2.24. The Kier molecular flexibility index (Phi) is 7.14. The second-order valence-corrected chi connectivity index (χ2v) is 7.47. The van der Waals surface area contributed by atoms with Crippen LogP contribution < -0.4 is 9.47 Å². The van der Waals surface area contributed by atoms with E-state index in [-0.39, 0.29) is 17.0 Å². The first-order chi connectivity index (χ1) is 14.5. The van der Waals surface area contributed by atoms with Gasteiger partial charge in [-0.3, -0.25) is 0 Å². The molecule has 0 aliphatic carbocycles. The van der Waals surface area contributed by atoms with Gasteiger partial charge in [0.1, 0.15) is 11.5 Å². The third kappa shape index (κ3) is 5.42. The number of para-hydroxylation sites is 1. The molecule has 0 spiro atoms. The molecule has 0 amide bonds. The molecule has 0 N–H and O–H groups in total. The molecule has 0 aromatic heterocycles. The van der Waals surface area contributed by atoms with Gasteiger partial charge < -0.3 is 9.47 Å². The van der Waals surface area contributed by atoms with Gasteiger partial charge in [-0.05, 0) is 80.6 Å². The third-order valence-electron chi connectivity index (χ3n) is 5.23.